The summed E-state index contributed by atoms with van der Waals surface area (Å²) < 4.78 is 1.46. The normalized spacial score (nSPS) is 23.5. The molecule has 128 valence electrons. The fourth-order valence-electron chi connectivity index (χ4n) is 3.16. The highest BCUT2D eigenvalue weighted by molar-refractivity contribution is 5.94. The number of amides is 1. The Morgan fingerprint density at radius 1 is 1.25 bits per heavy atom. The molecule has 1 aliphatic rings. The topological polar surface area (TPSA) is 75.4 Å². The van der Waals surface area contributed by atoms with Crippen molar-refractivity contribution in [3.8, 4) is 0 Å². The maximum Gasteiger partial charge on any atom is 0.282 e. The molecule has 6 heteroatoms. The first-order valence-electron chi connectivity index (χ1n) is 8.11. The number of aliphatic hydroxyl groups is 1. The summed E-state index contributed by atoms with van der Waals surface area (Å²) in [6.45, 7) is 6.45. The van der Waals surface area contributed by atoms with E-state index in [1.807, 2.05) is 26.0 Å². The number of fused-ring (bicyclic) bond motifs is 1. The van der Waals surface area contributed by atoms with E-state index in [0.717, 1.165) is 0 Å². The van der Waals surface area contributed by atoms with Gasteiger partial charge in [-0.1, -0.05) is 26.0 Å². The summed E-state index contributed by atoms with van der Waals surface area (Å²) in [5, 5.41) is 10.5. The molecule has 1 amide bonds. The second-order valence-electron chi connectivity index (χ2n) is 7.45. The van der Waals surface area contributed by atoms with E-state index in [4.69, 9.17) is 0 Å². The van der Waals surface area contributed by atoms with Crippen molar-refractivity contribution in [3.05, 3.63) is 40.3 Å². The lowest BCUT2D eigenvalue weighted by Crippen LogP contribution is -2.57. The molecule has 3 rings (SSSR count). The van der Waals surface area contributed by atoms with E-state index in [0.29, 0.717) is 30.5 Å². The molecule has 1 N–H and O–H groups in total. The van der Waals surface area contributed by atoms with Crippen LogP contribution in [0.2, 0.25) is 0 Å². The second-order valence-corrected chi connectivity index (χ2v) is 7.45. The van der Waals surface area contributed by atoms with Crippen LogP contribution in [0.15, 0.2) is 29.1 Å². The summed E-state index contributed by atoms with van der Waals surface area (Å²) in [5.74, 6) is -0.370. The molecule has 24 heavy (non-hydrogen) atoms. The van der Waals surface area contributed by atoms with E-state index in [1.165, 1.54) is 4.57 Å². The van der Waals surface area contributed by atoms with Crippen molar-refractivity contribution in [3.63, 3.8) is 0 Å². The predicted molar refractivity (Wildman–Crippen MR) is 91.9 cm³/mol. The minimum absolute atomic E-state index is 0.0615. The molecule has 0 bridgehead atoms. The highest BCUT2D eigenvalue weighted by Gasteiger charge is 2.45. The third-order valence-electron chi connectivity index (χ3n) is 5.39. The fraction of sp³-hybridized carbons (Fsp3) is 0.500. The summed E-state index contributed by atoms with van der Waals surface area (Å²) in [6, 6.07) is 7.26. The van der Waals surface area contributed by atoms with Gasteiger partial charge in [-0.2, -0.15) is 0 Å². The van der Waals surface area contributed by atoms with Crippen molar-refractivity contribution in [1.82, 2.24) is 14.5 Å². The van der Waals surface area contributed by atoms with Gasteiger partial charge in [-0.05, 0) is 25.5 Å². The van der Waals surface area contributed by atoms with Crippen LogP contribution in [-0.2, 0) is 7.05 Å². The lowest BCUT2D eigenvalue weighted by Gasteiger charge is -2.48. The molecule has 1 atom stereocenters. The van der Waals surface area contributed by atoms with Gasteiger partial charge in [0.2, 0.25) is 0 Å². The van der Waals surface area contributed by atoms with Crippen molar-refractivity contribution in [2.75, 3.05) is 13.1 Å². The summed E-state index contributed by atoms with van der Waals surface area (Å²) in [4.78, 5) is 31.4. The van der Waals surface area contributed by atoms with Gasteiger partial charge in [-0.25, -0.2) is 4.98 Å². The molecule has 1 saturated heterocycles. The zero-order valence-electron chi connectivity index (χ0n) is 14.5. The number of likely N-dealkylation sites (tertiary alicyclic amines) is 1. The molecule has 0 saturated carbocycles. The number of nitrogens with zero attached hydrogens (tertiary/aromatic N) is 3. The van der Waals surface area contributed by atoms with Crippen molar-refractivity contribution in [2.45, 2.75) is 32.8 Å². The number of benzene rings is 1. The van der Waals surface area contributed by atoms with Crippen LogP contribution in [0.3, 0.4) is 0 Å². The summed E-state index contributed by atoms with van der Waals surface area (Å²) in [7, 11) is 1.65. The number of para-hydroxylation sites is 2. The Morgan fingerprint density at radius 2 is 1.92 bits per heavy atom. The highest BCUT2D eigenvalue weighted by Crippen LogP contribution is 2.38. The van der Waals surface area contributed by atoms with Gasteiger partial charge in [0.25, 0.3) is 11.5 Å². The van der Waals surface area contributed by atoms with E-state index >= 15 is 0 Å². The molecule has 1 aromatic heterocycles. The number of piperidine rings is 1. The maximum atomic E-state index is 12.9. The molecular weight excluding hydrogens is 306 g/mol. The minimum atomic E-state index is -0.842. The number of carbonyl (C=O) groups excluding carboxylic acids is 1. The number of carbonyl (C=O) groups is 1. The molecule has 2 heterocycles. The second kappa shape index (κ2) is 5.41. The van der Waals surface area contributed by atoms with Crippen molar-refractivity contribution >= 4 is 16.9 Å². The van der Waals surface area contributed by atoms with Gasteiger partial charge < -0.3 is 14.6 Å². The van der Waals surface area contributed by atoms with Crippen molar-refractivity contribution in [2.24, 2.45) is 12.5 Å². The van der Waals surface area contributed by atoms with E-state index in [1.54, 1.807) is 31.0 Å². The third-order valence-corrected chi connectivity index (χ3v) is 5.39. The molecule has 0 spiro atoms. The van der Waals surface area contributed by atoms with Crippen LogP contribution in [0.25, 0.3) is 11.0 Å². The maximum absolute atomic E-state index is 12.9. The van der Waals surface area contributed by atoms with Crippen LogP contribution >= 0.6 is 0 Å². The first kappa shape index (κ1) is 16.6. The van der Waals surface area contributed by atoms with Gasteiger partial charge >= 0.3 is 0 Å². The molecule has 1 fully saturated rings. The molecular formula is C18H23N3O3. The average molecular weight is 329 g/mol. The van der Waals surface area contributed by atoms with Gasteiger partial charge in [-0.3, -0.25) is 9.59 Å². The molecule has 1 aromatic carbocycles. The number of hydrogen-bond donors (Lipinski definition) is 1. The average Bonchev–Trinajstić information content (AvgIpc) is 2.53. The Hall–Kier alpha value is -2.21. The molecule has 1 aliphatic heterocycles. The molecule has 2 aromatic rings. The van der Waals surface area contributed by atoms with Crippen LogP contribution in [0.4, 0.5) is 0 Å². The summed E-state index contributed by atoms with van der Waals surface area (Å²) in [5.41, 5.74) is -0.441. The number of hydrogen-bond acceptors (Lipinski definition) is 4. The number of rotatable bonds is 1. The van der Waals surface area contributed by atoms with Crippen LogP contribution in [0.1, 0.15) is 37.7 Å². The van der Waals surface area contributed by atoms with E-state index in [2.05, 4.69) is 4.98 Å². The van der Waals surface area contributed by atoms with Gasteiger partial charge in [0.15, 0.2) is 5.69 Å². The van der Waals surface area contributed by atoms with Gasteiger partial charge in [-0.15, -0.1) is 0 Å². The van der Waals surface area contributed by atoms with Crippen molar-refractivity contribution < 1.29 is 9.90 Å². The van der Waals surface area contributed by atoms with Crippen molar-refractivity contribution in [1.29, 1.82) is 0 Å². The number of aromatic nitrogens is 2. The first-order valence-corrected chi connectivity index (χ1v) is 8.11. The molecule has 0 radical (unpaired) electrons. The minimum Gasteiger partial charge on any atom is -0.389 e. The lowest BCUT2D eigenvalue weighted by molar-refractivity contribution is -0.0971. The van der Waals surface area contributed by atoms with Gasteiger partial charge in [0, 0.05) is 25.6 Å². The smallest absolute Gasteiger partial charge is 0.282 e. The zero-order valence-corrected chi connectivity index (χ0v) is 14.5. The Morgan fingerprint density at radius 3 is 2.58 bits per heavy atom. The summed E-state index contributed by atoms with van der Waals surface area (Å²) in [6.07, 6.45) is 0.472. The molecule has 6 nitrogen and oxygen atoms in total. The van der Waals surface area contributed by atoms with Crippen LogP contribution < -0.4 is 5.56 Å². The first-order chi connectivity index (χ1) is 11.1. The van der Waals surface area contributed by atoms with Gasteiger partial charge in [0.1, 0.15) is 0 Å². The van der Waals surface area contributed by atoms with E-state index < -0.39 is 16.6 Å². The number of aryl methyl sites for hydroxylation is 1. The predicted octanol–water partition coefficient (Wildman–Crippen LogP) is 1.56. The monoisotopic (exact) mass is 329 g/mol. The standard InChI is InChI=1S/C18H23N3O3/c1-17(2)11-21(10-9-18(17,3)24)16(23)14-15(22)20(4)13-8-6-5-7-12(13)19-14/h5-8,24H,9-11H2,1-4H3/t18-/m1/s1. The Balaban J connectivity index is 2.01. The Bertz CT molecular complexity index is 867. The zero-order chi connectivity index (χ0) is 17.7. The van der Waals surface area contributed by atoms with Crippen LogP contribution in [0, 0.1) is 5.41 Å². The van der Waals surface area contributed by atoms with Crippen LogP contribution in [0.5, 0.6) is 0 Å². The quantitative estimate of drug-likeness (QED) is 0.861. The fourth-order valence-corrected chi connectivity index (χ4v) is 3.16. The molecule has 0 aliphatic carbocycles. The third kappa shape index (κ3) is 2.51. The van der Waals surface area contributed by atoms with E-state index in [9.17, 15) is 14.7 Å². The van der Waals surface area contributed by atoms with Gasteiger partial charge in [0.05, 0.1) is 16.6 Å². The SMILES string of the molecule is Cn1c(=O)c(C(=O)N2CC[C@@](C)(O)C(C)(C)C2)nc2ccccc21. The van der Waals surface area contributed by atoms with Crippen LogP contribution in [-0.4, -0.2) is 44.2 Å². The highest BCUT2D eigenvalue weighted by atomic mass is 16.3. The molecule has 0 unspecified atom stereocenters. The Labute approximate surface area is 140 Å². The van der Waals surface area contributed by atoms with E-state index in [-0.39, 0.29) is 11.6 Å². The lowest BCUT2D eigenvalue weighted by atomic mass is 9.71. The Kier molecular flexibility index (Phi) is 3.75. The largest absolute Gasteiger partial charge is 0.389 e. The summed E-state index contributed by atoms with van der Waals surface area (Å²) >= 11 is 0.